The van der Waals surface area contributed by atoms with Crippen LogP contribution in [0.5, 0.6) is 0 Å². The molecule has 0 spiro atoms. The Morgan fingerprint density at radius 2 is 1.58 bits per heavy atom. The molecule has 0 saturated heterocycles. The molecule has 0 saturated carbocycles. The van der Waals surface area contributed by atoms with Crippen molar-refractivity contribution in [3.05, 3.63) is 70.3 Å². The fourth-order valence-corrected chi connectivity index (χ4v) is 1.88. The normalized spacial score (nSPS) is 12.5. The summed E-state index contributed by atoms with van der Waals surface area (Å²) in [6, 6.07) is 4.24. The van der Waals surface area contributed by atoms with Gasteiger partial charge in [-0.3, -0.25) is 0 Å². The van der Waals surface area contributed by atoms with Gasteiger partial charge in [-0.2, -0.15) is 0 Å². The number of benzene rings is 2. The van der Waals surface area contributed by atoms with Crippen molar-refractivity contribution in [2.45, 2.75) is 13.0 Å². The van der Waals surface area contributed by atoms with Gasteiger partial charge in [-0.25, -0.2) is 17.6 Å². The van der Waals surface area contributed by atoms with Crippen LogP contribution in [-0.4, -0.2) is 0 Å². The summed E-state index contributed by atoms with van der Waals surface area (Å²) in [7, 11) is 0. The highest BCUT2D eigenvalue weighted by molar-refractivity contribution is 5.36. The third-order valence-corrected chi connectivity index (χ3v) is 2.95. The second-order valence-corrected chi connectivity index (χ2v) is 4.21. The van der Waals surface area contributed by atoms with Crippen molar-refractivity contribution in [2.75, 3.05) is 0 Å². The number of rotatable bonds is 2. The molecule has 1 unspecified atom stereocenters. The summed E-state index contributed by atoms with van der Waals surface area (Å²) in [4.78, 5) is 0. The Labute approximate surface area is 107 Å². The van der Waals surface area contributed by atoms with Gasteiger partial charge in [-0.05, 0) is 24.6 Å². The van der Waals surface area contributed by atoms with E-state index in [2.05, 4.69) is 0 Å². The monoisotopic (exact) mass is 269 g/mol. The lowest BCUT2D eigenvalue weighted by Gasteiger charge is -2.16. The summed E-state index contributed by atoms with van der Waals surface area (Å²) in [5, 5.41) is 0. The molecule has 0 aliphatic heterocycles. The summed E-state index contributed by atoms with van der Waals surface area (Å²) in [5.74, 6) is -4.05. The summed E-state index contributed by atoms with van der Waals surface area (Å²) < 4.78 is 54.3. The van der Waals surface area contributed by atoms with Gasteiger partial charge in [0, 0.05) is 11.1 Å². The second-order valence-electron chi connectivity index (χ2n) is 4.21. The smallest absolute Gasteiger partial charge is 0.163 e. The van der Waals surface area contributed by atoms with E-state index in [1.165, 1.54) is 25.1 Å². The van der Waals surface area contributed by atoms with Crippen LogP contribution in [0.25, 0.3) is 0 Å². The fraction of sp³-hybridized carbons (Fsp3) is 0.143. The van der Waals surface area contributed by atoms with E-state index in [-0.39, 0.29) is 11.1 Å². The molecule has 19 heavy (non-hydrogen) atoms. The molecule has 1 atom stereocenters. The first kappa shape index (κ1) is 13.5. The maximum Gasteiger partial charge on any atom is 0.163 e. The first-order valence-electron chi connectivity index (χ1n) is 5.57. The Balaban J connectivity index is 2.59. The molecule has 5 heteroatoms. The van der Waals surface area contributed by atoms with Gasteiger partial charge in [-0.1, -0.05) is 18.2 Å². The van der Waals surface area contributed by atoms with Crippen molar-refractivity contribution in [3.8, 4) is 0 Å². The second kappa shape index (κ2) is 5.01. The number of aryl methyl sites for hydroxylation is 1. The minimum atomic E-state index is -1.41. The van der Waals surface area contributed by atoms with E-state index in [0.29, 0.717) is 0 Å². The average Bonchev–Trinajstić information content (AvgIpc) is 2.37. The van der Waals surface area contributed by atoms with Crippen LogP contribution < -0.4 is 5.73 Å². The molecule has 2 rings (SSSR count). The molecule has 0 bridgehead atoms. The molecule has 2 aromatic rings. The van der Waals surface area contributed by atoms with Crippen LogP contribution in [0.4, 0.5) is 17.6 Å². The lowest BCUT2D eigenvalue weighted by atomic mass is 9.96. The van der Waals surface area contributed by atoms with Gasteiger partial charge in [0.1, 0.15) is 11.6 Å². The van der Waals surface area contributed by atoms with Gasteiger partial charge in [0.05, 0.1) is 6.04 Å². The number of nitrogens with two attached hydrogens (primary N) is 1. The molecule has 0 heterocycles. The lowest BCUT2D eigenvalue weighted by Crippen LogP contribution is -2.18. The van der Waals surface area contributed by atoms with E-state index in [4.69, 9.17) is 5.73 Å². The van der Waals surface area contributed by atoms with Gasteiger partial charge in [-0.15, -0.1) is 0 Å². The summed E-state index contributed by atoms with van der Waals surface area (Å²) in [5.41, 5.74) is 5.10. The summed E-state index contributed by atoms with van der Waals surface area (Å²) in [6.07, 6.45) is 0. The largest absolute Gasteiger partial charge is 0.320 e. The van der Waals surface area contributed by atoms with Gasteiger partial charge in [0.25, 0.3) is 0 Å². The molecule has 100 valence electrons. The third kappa shape index (κ3) is 2.33. The van der Waals surface area contributed by atoms with E-state index in [9.17, 15) is 17.6 Å². The SMILES string of the molecule is Cc1ccc(F)c(C(N)c2cccc(F)c2F)c1F. The third-order valence-electron chi connectivity index (χ3n) is 2.95. The Hall–Kier alpha value is -1.88. The highest BCUT2D eigenvalue weighted by Crippen LogP contribution is 2.28. The zero-order valence-corrected chi connectivity index (χ0v) is 10.1. The van der Waals surface area contributed by atoms with Crippen LogP contribution in [0.15, 0.2) is 30.3 Å². The first-order valence-corrected chi connectivity index (χ1v) is 5.57. The molecule has 0 aromatic heterocycles. The minimum Gasteiger partial charge on any atom is -0.320 e. The van der Waals surface area contributed by atoms with Crippen LogP contribution in [0.3, 0.4) is 0 Å². The van der Waals surface area contributed by atoms with E-state index in [1.54, 1.807) is 0 Å². The molecular formula is C14H11F4N. The number of hydrogen-bond acceptors (Lipinski definition) is 1. The predicted octanol–water partition coefficient (Wildman–Crippen LogP) is 3.60. The van der Waals surface area contributed by atoms with Crippen molar-refractivity contribution < 1.29 is 17.6 Å². The zero-order chi connectivity index (χ0) is 14.2. The van der Waals surface area contributed by atoms with Crippen LogP contribution in [0, 0.1) is 30.2 Å². The predicted molar refractivity (Wildman–Crippen MR) is 63.5 cm³/mol. The molecule has 2 aromatic carbocycles. The minimum absolute atomic E-state index is 0.184. The molecule has 0 radical (unpaired) electrons. The average molecular weight is 269 g/mol. The van der Waals surface area contributed by atoms with Crippen molar-refractivity contribution in [1.29, 1.82) is 0 Å². The van der Waals surface area contributed by atoms with Gasteiger partial charge in [0.2, 0.25) is 0 Å². The van der Waals surface area contributed by atoms with Crippen LogP contribution in [0.2, 0.25) is 0 Å². The fourth-order valence-electron chi connectivity index (χ4n) is 1.88. The molecule has 1 nitrogen and oxygen atoms in total. The van der Waals surface area contributed by atoms with Gasteiger partial charge >= 0.3 is 0 Å². The van der Waals surface area contributed by atoms with Gasteiger partial charge < -0.3 is 5.73 Å². The maximum absolute atomic E-state index is 13.9. The first-order chi connectivity index (χ1) is 8.93. The highest BCUT2D eigenvalue weighted by atomic mass is 19.2. The number of halogens is 4. The Morgan fingerprint density at radius 3 is 2.26 bits per heavy atom. The van der Waals surface area contributed by atoms with Crippen molar-refractivity contribution in [2.24, 2.45) is 5.73 Å². The lowest BCUT2D eigenvalue weighted by molar-refractivity contribution is 0.486. The molecule has 0 aliphatic carbocycles. The van der Waals surface area contributed by atoms with E-state index in [1.807, 2.05) is 0 Å². The van der Waals surface area contributed by atoms with E-state index >= 15 is 0 Å². The summed E-state index contributed by atoms with van der Waals surface area (Å²) >= 11 is 0. The van der Waals surface area contributed by atoms with E-state index in [0.717, 1.165) is 12.1 Å². The zero-order valence-electron chi connectivity index (χ0n) is 10.1. The maximum atomic E-state index is 13.9. The summed E-state index contributed by atoms with van der Waals surface area (Å²) in [6.45, 7) is 1.44. The molecule has 0 fully saturated rings. The molecule has 0 aliphatic rings. The van der Waals surface area contributed by atoms with Crippen LogP contribution in [-0.2, 0) is 0 Å². The standard InChI is InChI=1S/C14H11F4N/c1-7-5-6-9(15)11(12(7)17)14(19)8-3-2-4-10(16)13(8)18/h2-6,14H,19H2,1H3. The Kier molecular flexibility index (Phi) is 3.57. The molecular weight excluding hydrogens is 258 g/mol. The number of hydrogen-bond donors (Lipinski definition) is 1. The van der Waals surface area contributed by atoms with Crippen LogP contribution in [0.1, 0.15) is 22.7 Å². The van der Waals surface area contributed by atoms with Crippen LogP contribution >= 0.6 is 0 Å². The Morgan fingerprint density at radius 1 is 0.895 bits per heavy atom. The van der Waals surface area contributed by atoms with Gasteiger partial charge in [0.15, 0.2) is 11.6 Å². The molecule has 2 N–H and O–H groups in total. The molecule has 0 amide bonds. The van der Waals surface area contributed by atoms with Crippen molar-refractivity contribution in [1.82, 2.24) is 0 Å². The quantitative estimate of drug-likeness (QED) is 0.828. The Bertz CT molecular complexity index is 625. The topological polar surface area (TPSA) is 26.0 Å². The van der Waals surface area contributed by atoms with Crippen molar-refractivity contribution >= 4 is 0 Å². The van der Waals surface area contributed by atoms with Crippen molar-refractivity contribution in [3.63, 3.8) is 0 Å². The highest BCUT2D eigenvalue weighted by Gasteiger charge is 2.23. The van der Waals surface area contributed by atoms with E-state index < -0.39 is 34.9 Å².